The summed E-state index contributed by atoms with van der Waals surface area (Å²) in [4.78, 5) is 20.3. The number of carbonyl (C=O) groups is 1. The number of piperazine rings is 1. The van der Waals surface area contributed by atoms with Crippen molar-refractivity contribution in [1.82, 2.24) is 14.8 Å². The fourth-order valence-corrected chi connectivity index (χ4v) is 3.36. The number of carbonyl (C=O) groups excluding carboxylic acids is 1. The van der Waals surface area contributed by atoms with E-state index >= 15 is 0 Å². The van der Waals surface area contributed by atoms with Gasteiger partial charge in [-0.15, -0.1) is 11.3 Å². The largest absolute Gasteiger partial charge is 0.340 e. The summed E-state index contributed by atoms with van der Waals surface area (Å²) in [5.41, 5.74) is 2.30. The second kappa shape index (κ2) is 6.37. The fraction of sp³-hybridized carbons (Fsp3) is 0.375. The topological polar surface area (TPSA) is 36.4 Å². The maximum absolute atomic E-state index is 11.3. The van der Waals surface area contributed by atoms with Gasteiger partial charge in [-0.25, -0.2) is 4.98 Å². The number of hydrogen-bond acceptors (Lipinski definition) is 4. The van der Waals surface area contributed by atoms with Crippen LogP contribution in [0.15, 0.2) is 35.7 Å². The molecule has 1 aliphatic heterocycles. The Balaban J connectivity index is 1.60. The van der Waals surface area contributed by atoms with Crippen LogP contribution in [0.2, 0.25) is 0 Å². The van der Waals surface area contributed by atoms with Crippen molar-refractivity contribution in [3.8, 4) is 10.6 Å². The van der Waals surface area contributed by atoms with Crippen LogP contribution in [-0.4, -0.2) is 46.9 Å². The van der Waals surface area contributed by atoms with E-state index in [1.807, 2.05) is 23.1 Å². The van der Waals surface area contributed by atoms with Crippen molar-refractivity contribution < 1.29 is 4.79 Å². The van der Waals surface area contributed by atoms with Crippen LogP contribution in [0.4, 0.5) is 0 Å². The molecular weight excluding hydrogens is 282 g/mol. The standard InChI is InChI=1S/C16H19N3OS/c1-13(20)19-9-7-18(8-10-19)11-15-12-21-16(17-15)14-5-3-2-4-6-14/h2-6,12H,7-11H2,1H3. The van der Waals surface area contributed by atoms with Crippen molar-refractivity contribution in [1.29, 1.82) is 0 Å². The van der Waals surface area contributed by atoms with Gasteiger partial charge >= 0.3 is 0 Å². The molecule has 2 heterocycles. The third-order valence-electron chi connectivity index (χ3n) is 3.78. The van der Waals surface area contributed by atoms with E-state index in [1.54, 1.807) is 18.3 Å². The molecule has 4 nitrogen and oxygen atoms in total. The highest BCUT2D eigenvalue weighted by molar-refractivity contribution is 7.13. The quantitative estimate of drug-likeness (QED) is 0.874. The van der Waals surface area contributed by atoms with Gasteiger partial charge in [0.15, 0.2) is 0 Å². The molecule has 0 unspecified atom stereocenters. The maximum Gasteiger partial charge on any atom is 0.219 e. The van der Waals surface area contributed by atoms with E-state index in [9.17, 15) is 4.79 Å². The van der Waals surface area contributed by atoms with Crippen LogP contribution in [-0.2, 0) is 11.3 Å². The maximum atomic E-state index is 11.3. The molecule has 1 aromatic carbocycles. The van der Waals surface area contributed by atoms with Crippen LogP contribution in [0.5, 0.6) is 0 Å². The van der Waals surface area contributed by atoms with E-state index in [-0.39, 0.29) is 5.91 Å². The average Bonchev–Trinajstić information content (AvgIpc) is 2.97. The molecule has 0 atom stereocenters. The van der Waals surface area contributed by atoms with Crippen LogP contribution in [0, 0.1) is 0 Å². The molecular formula is C16H19N3OS. The van der Waals surface area contributed by atoms with Gasteiger partial charge < -0.3 is 4.90 Å². The molecule has 110 valence electrons. The Morgan fingerprint density at radius 1 is 1.19 bits per heavy atom. The summed E-state index contributed by atoms with van der Waals surface area (Å²) in [6, 6.07) is 10.3. The highest BCUT2D eigenvalue weighted by Crippen LogP contribution is 2.24. The number of thiazole rings is 1. The second-order valence-corrected chi connectivity index (χ2v) is 6.15. The van der Waals surface area contributed by atoms with Gasteiger partial charge in [0.1, 0.15) is 5.01 Å². The van der Waals surface area contributed by atoms with Gasteiger partial charge in [-0.3, -0.25) is 9.69 Å². The third-order valence-corrected chi connectivity index (χ3v) is 4.72. The van der Waals surface area contributed by atoms with E-state index in [1.165, 1.54) is 5.56 Å². The van der Waals surface area contributed by atoms with Gasteiger partial charge in [0.25, 0.3) is 0 Å². The lowest BCUT2D eigenvalue weighted by Gasteiger charge is -2.33. The van der Waals surface area contributed by atoms with E-state index in [2.05, 4.69) is 22.4 Å². The van der Waals surface area contributed by atoms with E-state index in [0.29, 0.717) is 0 Å². The molecule has 0 radical (unpaired) electrons. The normalized spacial score (nSPS) is 16.1. The Morgan fingerprint density at radius 3 is 2.57 bits per heavy atom. The van der Waals surface area contributed by atoms with Gasteiger partial charge in [-0.2, -0.15) is 0 Å². The van der Waals surface area contributed by atoms with Gasteiger partial charge in [-0.1, -0.05) is 30.3 Å². The molecule has 0 bridgehead atoms. The first kappa shape index (κ1) is 14.2. The zero-order chi connectivity index (χ0) is 14.7. The number of amides is 1. The Kier molecular flexibility index (Phi) is 4.31. The molecule has 0 saturated carbocycles. The zero-order valence-corrected chi connectivity index (χ0v) is 13.0. The Hall–Kier alpha value is -1.72. The molecule has 0 aliphatic carbocycles. The molecule has 0 N–H and O–H groups in total. The number of nitrogens with zero attached hydrogens (tertiary/aromatic N) is 3. The lowest BCUT2D eigenvalue weighted by atomic mass is 10.2. The lowest BCUT2D eigenvalue weighted by molar-refractivity contribution is -0.130. The minimum atomic E-state index is 0.176. The molecule has 5 heteroatoms. The number of rotatable bonds is 3. The smallest absolute Gasteiger partial charge is 0.219 e. The molecule has 1 aromatic heterocycles. The van der Waals surface area contributed by atoms with Crippen molar-refractivity contribution in [3.63, 3.8) is 0 Å². The summed E-state index contributed by atoms with van der Waals surface area (Å²) >= 11 is 1.69. The highest BCUT2D eigenvalue weighted by atomic mass is 32.1. The minimum absolute atomic E-state index is 0.176. The summed E-state index contributed by atoms with van der Waals surface area (Å²) in [7, 11) is 0. The van der Waals surface area contributed by atoms with Gasteiger partial charge in [0, 0.05) is 50.6 Å². The van der Waals surface area contributed by atoms with Gasteiger partial charge in [-0.05, 0) is 0 Å². The first-order valence-electron chi connectivity index (χ1n) is 7.20. The zero-order valence-electron chi connectivity index (χ0n) is 12.2. The minimum Gasteiger partial charge on any atom is -0.340 e. The van der Waals surface area contributed by atoms with Gasteiger partial charge in [0.05, 0.1) is 5.69 Å². The monoisotopic (exact) mass is 301 g/mol. The molecule has 1 amide bonds. The summed E-state index contributed by atoms with van der Waals surface area (Å²) in [5.74, 6) is 0.176. The summed E-state index contributed by atoms with van der Waals surface area (Å²) in [6.45, 7) is 6.02. The SMILES string of the molecule is CC(=O)N1CCN(Cc2csc(-c3ccccc3)n2)CC1. The molecule has 0 spiro atoms. The molecule has 1 fully saturated rings. The predicted octanol–water partition coefficient (Wildman–Crippen LogP) is 2.47. The van der Waals surface area contributed by atoms with Crippen molar-refractivity contribution in [2.24, 2.45) is 0 Å². The number of hydrogen-bond donors (Lipinski definition) is 0. The fourth-order valence-electron chi connectivity index (χ4n) is 2.54. The molecule has 21 heavy (non-hydrogen) atoms. The van der Waals surface area contributed by atoms with Crippen molar-refractivity contribution in [2.45, 2.75) is 13.5 Å². The van der Waals surface area contributed by atoms with Crippen LogP contribution in [0.25, 0.3) is 10.6 Å². The molecule has 1 aliphatic rings. The van der Waals surface area contributed by atoms with E-state index in [4.69, 9.17) is 4.98 Å². The lowest BCUT2D eigenvalue weighted by Crippen LogP contribution is -2.47. The molecule has 1 saturated heterocycles. The van der Waals surface area contributed by atoms with Crippen molar-refractivity contribution >= 4 is 17.2 Å². The predicted molar refractivity (Wildman–Crippen MR) is 85.1 cm³/mol. The Morgan fingerprint density at radius 2 is 1.90 bits per heavy atom. The van der Waals surface area contributed by atoms with Crippen LogP contribution in [0.3, 0.4) is 0 Å². The second-order valence-electron chi connectivity index (χ2n) is 5.29. The van der Waals surface area contributed by atoms with Crippen LogP contribution in [0.1, 0.15) is 12.6 Å². The molecule has 2 aromatic rings. The summed E-state index contributed by atoms with van der Waals surface area (Å²) in [5, 5.41) is 3.22. The summed E-state index contributed by atoms with van der Waals surface area (Å²) in [6.07, 6.45) is 0. The van der Waals surface area contributed by atoms with Crippen LogP contribution >= 0.6 is 11.3 Å². The Labute approximate surface area is 129 Å². The van der Waals surface area contributed by atoms with Crippen LogP contribution < -0.4 is 0 Å². The van der Waals surface area contributed by atoms with E-state index < -0.39 is 0 Å². The summed E-state index contributed by atoms with van der Waals surface area (Å²) < 4.78 is 0. The number of benzene rings is 1. The molecule has 3 rings (SSSR count). The highest BCUT2D eigenvalue weighted by Gasteiger charge is 2.19. The first-order chi connectivity index (χ1) is 10.2. The van der Waals surface area contributed by atoms with E-state index in [0.717, 1.165) is 43.4 Å². The third kappa shape index (κ3) is 3.49. The van der Waals surface area contributed by atoms with Crippen molar-refractivity contribution in [3.05, 3.63) is 41.4 Å². The first-order valence-corrected chi connectivity index (χ1v) is 8.08. The van der Waals surface area contributed by atoms with Crippen molar-refractivity contribution in [2.75, 3.05) is 26.2 Å². The van der Waals surface area contributed by atoms with Gasteiger partial charge in [0.2, 0.25) is 5.91 Å². The average molecular weight is 301 g/mol. The number of aromatic nitrogens is 1. The Bertz CT molecular complexity index is 603.